The molecule has 6 nitrogen and oxygen atoms in total. The minimum Gasteiger partial charge on any atom is -0.490 e. The highest BCUT2D eigenvalue weighted by atomic mass is 19.1. The van der Waals surface area contributed by atoms with E-state index in [0.29, 0.717) is 26.0 Å². The number of benzene rings is 1. The molecule has 2 aliphatic heterocycles. The molecule has 2 atom stereocenters. The van der Waals surface area contributed by atoms with Crippen molar-refractivity contribution in [3.63, 3.8) is 0 Å². The summed E-state index contributed by atoms with van der Waals surface area (Å²) in [6, 6.07) is 3.35. The SMILES string of the molecule is CC(C)(F)CN1CCC(COc2ccc(C3=CC=CCC3(F)C(=O)N3CCC[C@H]3C(N)=O)cc2F)CC1. The number of piperidine rings is 1. The summed E-state index contributed by atoms with van der Waals surface area (Å²) >= 11 is 0. The fourth-order valence-electron chi connectivity index (χ4n) is 5.53. The molecule has 1 aromatic carbocycles. The van der Waals surface area contributed by atoms with Gasteiger partial charge in [0.25, 0.3) is 5.91 Å². The Balaban J connectivity index is 1.42. The largest absolute Gasteiger partial charge is 0.490 e. The van der Waals surface area contributed by atoms with Crippen molar-refractivity contribution in [3.8, 4) is 5.75 Å². The first kappa shape index (κ1) is 27.2. The number of nitrogens with zero attached hydrogens (tertiary/aromatic N) is 2. The number of alkyl halides is 2. The summed E-state index contributed by atoms with van der Waals surface area (Å²) in [6.07, 6.45) is 7.08. The number of ether oxygens (including phenoxy) is 1. The third-order valence-corrected chi connectivity index (χ3v) is 7.43. The zero-order chi connectivity index (χ0) is 26.8. The molecule has 2 heterocycles. The lowest BCUT2D eigenvalue weighted by atomic mass is 9.82. The lowest BCUT2D eigenvalue weighted by Gasteiger charge is -2.34. The number of carbonyl (C=O) groups excluding carboxylic acids is 2. The number of amides is 2. The fraction of sp³-hybridized carbons (Fsp3) is 0.571. The molecule has 2 N–H and O–H groups in total. The summed E-state index contributed by atoms with van der Waals surface area (Å²) in [7, 11) is 0. The molecule has 3 aliphatic rings. The Labute approximate surface area is 216 Å². The van der Waals surface area contributed by atoms with E-state index in [9.17, 15) is 14.0 Å². The number of nitrogens with two attached hydrogens (primary N) is 1. The number of rotatable bonds is 8. The van der Waals surface area contributed by atoms with Crippen LogP contribution in [0.1, 0.15) is 51.5 Å². The van der Waals surface area contributed by atoms with Gasteiger partial charge < -0.3 is 20.3 Å². The van der Waals surface area contributed by atoms with Gasteiger partial charge in [0.2, 0.25) is 11.6 Å². The van der Waals surface area contributed by atoms with Gasteiger partial charge in [-0.2, -0.15) is 0 Å². The summed E-state index contributed by atoms with van der Waals surface area (Å²) in [4.78, 5) is 28.4. The first-order chi connectivity index (χ1) is 17.5. The number of hydrogen-bond acceptors (Lipinski definition) is 4. The topological polar surface area (TPSA) is 75.9 Å². The predicted molar refractivity (Wildman–Crippen MR) is 136 cm³/mol. The van der Waals surface area contributed by atoms with Crippen LogP contribution in [-0.4, -0.2) is 71.8 Å². The van der Waals surface area contributed by atoms with Crippen molar-refractivity contribution in [1.29, 1.82) is 0 Å². The second-order valence-corrected chi connectivity index (χ2v) is 11.0. The maximum Gasteiger partial charge on any atom is 0.265 e. The van der Waals surface area contributed by atoms with E-state index in [1.165, 1.54) is 23.1 Å². The normalized spacial score (nSPS) is 25.3. The van der Waals surface area contributed by atoms with Gasteiger partial charge in [0, 0.05) is 25.1 Å². The predicted octanol–water partition coefficient (Wildman–Crippen LogP) is 4.19. The van der Waals surface area contributed by atoms with Crippen molar-refractivity contribution < 1.29 is 27.5 Å². The Morgan fingerprint density at radius 2 is 1.92 bits per heavy atom. The third kappa shape index (κ3) is 6.20. The highest BCUT2D eigenvalue weighted by Crippen LogP contribution is 2.41. The summed E-state index contributed by atoms with van der Waals surface area (Å²) in [6.45, 7) is 5.66. The smallest absolute Gasteiger partial charge is 0.265 e. The third-order valence-electron chi connectivity index (χ3n) is 7.43. The van der Waals surface area contributed by atoms with Crippen molar-refractivity contribution in [2.75, 3.05) is 32.8 Å². The number of primary amides is 1. The van der Waals surface area contributed by atoms with Crippen LogP contribution >= 0.6 is 0 Å². The second-order valence-electron chi connectivity index (χ2n) is 11.0. The fourth-order valence-corrected chi connectivity index (χ4v) is 5.53. The zero-order valence-electron chi connectivity index (χ0n) is 21.5. The van der Waals surface area contributed by atoms with Crippen molar-refractivity contribution >= 4 is 17.4 Å². The Kier molecular flexibility index (Phi) is 8.02. The summed E-state index contributed by atoms with van der Waals surface area (Å²) in [5.41, 5.74) is 2.05. The second kappa shape index (κ2) is 10.9. The van der Waals surface area contributed by atoms with Gasteiger partial charge in [0.15, 0.2) is 11.6 Å². The van der Waals surface area contributed by atoms with Crippen molar-refractivity contribution in [2.24, 2.45) is 11.7 Å². The highest BCUT2D eigenvalue weighted by molar-refractivity contribution is 6.02. The maximum absolute atomic E-state index is 16.3. The van der Waals surface area contributed by atoms with E-state index in [1.807, 2.05) is 0 Å². The van der Waals surface area contributed by atoms with E-state index in [4.69, 9.17) is 10.5 Å². The minimum atomic E-state index is -2.43. The molecule has 202 valence electrons. The maximum atomic E-state index is 16.3. The Hall–Kier alpha value is -2.81. The minimum absolute atomic E-state index is 0.0451. The zero-order valence-corrected chi connectivity index (χ0v) is 21.5. The van der Waals surface area contributed by atoms with Crippen LogP contribution < -0.4 is 10.5 Å². The molecule has 0 spiro atoms. The molecule has 1 aromatic rings. The number of likely N-dealkylation sites (tertiary alicyclic amines) is 2. The van der Waals surface area contributed by atoms with E-state index in [-0.39, 0.29) is 35.8 Å². The molecule has 9 heteroatoms. The first-order valence-corrected chi connectivity index (χ1v) is 13.0. The molecule has 2 saturated heterocycles. The molecule has 0 aromatic heterocycles. The Bertz CT molecular complexity index is 1080. The average molecular weight is 520 g/mol. The molecular formula is C28H36F3N3O3. The summed E-state index contributed by atoms with van der Waals surface area (Å²) < 4.78 is 51.0. The molecule has 0 saturated carbocycles. The van der Waals surface area contributed by atoms with Crippen LogP contribution in [0.4, 0.5) is 13.2 Å². The van der Waals surface area contributed by atoms with Gasteiger partial charge in [-0.1, -0.05) is 24.3 Å². The summed E-state index contributed by atoms with van der Waals surface area (Å²) in [5.74, 6) is -1.83. The first-order valence-electron chi connectivity index (χ1n) is 13.0. The van der Waals surface area contributed by atoms with Crippen LogP contribution in [0, 0.1) is 11.7 Å². The van der Waals surface area contributed by atoms with Crippen LogP contribution in [0.3, 0.4) is 0 Å². The molecule has 0 radical (unpaired) electrons. The van der Waals surface area contributed by atoms with Gasteiger partial charge >= 0.3 is 0 Å². The Morgan fingerprint density at radius 1 is 1.19 bits per heavy atom. The van der Waals surface area contributed by atoms with Crippen molar-refractivity contribution in [2.45, 2.75) is 63.3 Å². The van der Waals surface area contributed by atoms with Gasteiger partial charge in [-0.3, -0.25) is 9.59 Å². The van der Waals surface area contributed by atoms with Crippen LogP contribution in [0.25, 0.3) is 5.57 Å². The van der Waals surface area contributed by atoms with Gasteiger partial charge in [0.1, 0.15) is 11.7 Å². The van der Waals surface area contributed by atoms with E-state index in [2.05, 4.69) is 4.90 Å². The van der Waals surface area contributed by atoms with Crippen LogP contribution in [0.2, 0.25) is 0 Å². The number of halogens is 3. The van der Waals surface area contributed by atoms with Gasteiger partial charge in [-0.05, 0) is 76.2 Å². The standard InChI is InChI=1S/C28H36F3N3O3/c1-27(2,30)18-33-14-10-19(11-15-33)17-37-24-9-8-20(16-22(24)29)21-6-3-4-12-28(21,31)26(36)34-13-5-7-23(34)25(32)35/h3-4,6,8-9,16,19,23H,5,7,10-15,17-18H2,1-2H3,(H2,32,35)/t23-,28?/m0/s1. The number of carbonyl (C=O) groups is 2. The average Bonchev–Trinajstić information content (AvgIpc) is 3.33. The molecule has 0 bridgehead atoms. The molecule has 2 fully saturated rings. The lowest BCUT2D eigenvalue weighted by molar-refractivity contribution is -0.144. The molecule has 37 heavy (non-hydrogen) atoms. The molecule has 1 unspecified atom stereocenters. The van der Waals surface area contributed by atoms with E-state index >= 15 is 8.78 Å². The molecule has 1 aliphatic carbocycles. The highest BCUT2D eigenvalue weighted by Gasteiger charge is 2.49. The van der Waals surface area contributed by atoms with Crippen LogP contribution in [0.5, 0.6) is 5.75 Å². The quantitative estimate of drug-likeness (QED) is 0.559. The summed E-state index contributed by atoms with van der Waals surface area (Å²) in [5, 5.41) is 0. The van der Waals surface area contributed by atoms with Gasteiger partial charge in [0.05, 0.1) is 6.61 Å². The lowest BCUT2D eigenvalue weighted by Crippen LogP contribution is -2.52. The number of allylic oxidation sites excluding steroid dienone is 3. The monoisotopic (exact) mass is 519 g/mol. The van der Waals surface area contributed by atoms with Crippen LogP contribution in [0.15, 0.2) is 36.4 Å². The van der Waals surface area contributed by atoms with Crippen LogP contribution in [-0.2, 0) is 9.59 Å². The van der Waals surface area contributed by atoms with Crippen molar-refractivity contribution in [3.05, 3.63) is 47.8 Å². The Morgan fingerprint density at radius 3 is 2.57 bits per heavy atom. The van der Waals surface area contributed by atoms with Gasteiger partial charge in [-0.15, -0.1) is 0 Å². The van der Waals surface area contributed by atoms with E-state index in [1.54, 1.807) is 32.1 Å². The van der Waals surface area contributed by atoms with Gasteiger partial charge in [-0.25, -0.2) is 13.2 Å². The van der Waals surface area contributed by atoms with E-state index < -0.39 is 35.0 Å². The van der Waals surface area contributed by atoms with Crippen molar-refractivity contribution in [1.82, 2.24) is 9.80 Å². The van der Waals surface area contributed by atoms with E-state index in [0.717, 1.165) is 25.9 Å². The molecule has 2 amide bonds. The number of hydrogen-bond donors (Lipinski definition) is 1. The molecule has 4 rings (SSSR count). The molecular weight excluding hydrogens is 483 g/mol.